The Kier molecular flexibility index (Phi) is 4.47. The first-order valence-electron chi connectivity index (χ1n) is 5.74. The first kappa shape index (κ1) is 15.8. The number of methoxy groups -OCH3 is 2. The first-order chi connectivity index (χ1) is 8.67. The lowest BCUT2D eigenvalue weighted by Gasteiger charge is -2.26. The Bertz CT molecular complexity index is 561. The molecule has 0 atom stereocenters. The van der Waals surface area contributed by atoms with Crippen molar-refractivity contribution in [3.63, 3.8) is 0 Å². The molecule has 0 aliphatic carbocycles. The van der Waals surface area contributed by atoms with E-state index in [4.69, 9.17) is 9.47 Å². The second-order valence-electron chi connectivity index (χ2n) is 5.02. The molecule has 1 aromatic rings. The Morgan fingerprint density at radius 2 is 1.79 bits per heavy atom. The molecule has 0 aliphatic heterocycles. The number of aliphatic hydroxyl groups is 1. The number of benzene rings is 1. The van der Waals surface area contributed by atoms with E-state index in [1.165, 1.54) is 20.3 Å². The minimum atomic E-state index is -3.46. The summed E-state index contributed by atoms with van der Waals surface area (Å²) in [5.41, 5.74) is -0.0449. The molecular formula is C13H20O5S. The standard InChI is InChI=1S/C13H20O5S/c1-13(2,8-14)10-6-9(17-3)7-11(12(10)18-4)19(5,15)16/h6-7,14H,8H2,1-5H3. The molecule has 1 N–H and O–H groups in total. The summed E-state index contributed by atoms with van der Waals surface area (Å²) in [6.45, 7) is 3.46. The minimum Gasteiger partial charge on any atom is -0.497 e. The van der Waals surface area contributed by atoms with Crippen molar-refractivity contribution in [2.24, 2.45) is 0 Å². The quantitative estimate of drug-likeness (QED) is 0.886. The number of sulfone groups is 1. The highest BCUT2D eigenvalue weighted by molar-refractivity contribution is 7.90. The molecule has 0 amide bonds. The Labute approximate surface area is 114 Å². The van der Waals surface area contributed by atoms with Crippen molar-refractivity contribution in [1.29, 1.82) is 0 Å². The Morgan fingerprint density at radius 3 is 2.16 bits per heavy atom. The van der Waals surface area contributed by atoms with Gasteiger partial charge in [-0.2, -0.15) is 0 Å². The van der Waals surface area contributed by atoms with Crippen LogP contribution in [0.15, 0.2) is 17.0 Å². The lowest BCUT2D eigenvalue weighted by atomic mass is 9.85. The smallest absolute Gasteiger partial charge is 0.179 e. The molecule has 1 rings (SSSR count). The molecule has 0 bridgehead atoms. The van der Waals surface area contributed by atoms with Crippen LogP contribution in [0.4, 0.5) is 0 Å². The maximum Gasteiger partial charge on any atom is 0.179 e. The second-order valence-corrected chi connectivity index (χ2v) is 7.00. The predicted molar refractivity (Wildman–Crippen MR) is 72.8 cm³/mol. The molecule has 0 saturated heterocycles. The van der Waals surface area contributed by atoms with Crippen LogP contribution in [0.3, 0.4) is 0 Å². The third-order valence-electron chi connectivity index (χ3n) is 2.99. The number of ether oxygens (including phenoxy) is 2. The van der Waals surface area contributed by atoms with Crippen molar-refractivity contribution >= 4 is 9.84 Å². The van der Waals surface area contributed by atoms with Crippen LogP contribution in [-0.2, 0) is 15.3 Å². The highest BCUT2D eigenvalue weighted by atomic mass is 32.2. The summed E-state index contributed by atoms with van der Waals surface area (Å²) in [6, 6.07) is 3.11. The van der Waals surface area contributed by atoms with Gasteiger partial charge in [-0.25, -0.2) is 8.42 Å². The Balaban J connectivity index is 3.72. The Hall–Kier alpha value is -1.27. The third kappa shape index (κ3) is 3.19. The van der Waals surface area contributed by atoms with Crippen LogP contribution in [0, 0.1) is 0 Å². The van der Waals surface area contributed by atoms with Crippen LogP contribution in [0.5, 0.6) is 11.5 Å². The van der Waals surface area contributed by atoms with E-state index in [-0.39, 0.29) is 17.3 Å². The molecule has 0 heterocycles. The van der Waals surface area contributed by atoms with Gasteiger partial charge in [0.2, 0.25) is 0 Å². The fourth-order valence-corrected chi connectivity index (χ4v) is 2.63. The van der Waals surface area contributed by atoms with Crippen molar-refractivity contribution in [2.45, 2.75) is 24.2 Å². The van der Waals surface area contributed by atoms with Gasteiger partial charge in [0.25, 0.3) is 0 Å². The van der Waals surface area contributed by atoms with Crippen molar-refractivity contribution in [3.8, 4) is 11.5 Å². The summed E-state index contributed by atoms with van der Waals surface area (Å²) in [4.78, 5) is 0.0610. The average Bonchev–Trinajstić information content (AvgIpc) is 2.35. The zero-order chi connectivity index (χ0) is 14.8. The van der Waals surface area contributed by atoms with Gasteiger partial charge in [0, 0.05) is 23.3 Å². The van der Waals surface area contributed by atoms with Crippen molar-refractivity contribution in [3.05, 3.63) is 17.7 Å². The number of hydrogen-bond acceptors (Lipinski definition) is 5. The van der Waals surface area contributed by atoms with E-state index in [2.05, 4.69) is 0 Å². The highest BCUT2D eigenvalue weighted by Crippen LogP contribution is 2.39. The van der Waals surface area contributed by atoms with E-state index in [0.29, 0.717) is 11.3 Å². The van der Waals surface area contributed by atoms with Crippen LogP contribution < -0.4 is 9.47 Å². The topological polar surface area (TPSA) is 72.8 Å². The zero-order valence-electron chi connectivity index (χ0n) is 11.9. The molecule has 108 valence electrons. The van der Waals surface area contributed by atoms with Gasteiger partial charge >= 0.3 is 0 Å². The monoisotopic (exact) mass is 288 g/mol. The van der Waals surface area contributed by atoms with E-state index in [1.54, 1.807) is 19.9 Å². The first-order valence-corrected chi connectivity index (χ1v) is 7.64. The lowest BCUT2D eigenvalue weighted by Crippen LogP contribution is -2.24. The van der Waals surface area contributed by atoms with Crippen LogP contribution in [0.25, 0.3) is 0 Å². The normalized spacial score (nSPS) is 12.3. The molecule has 0 saturated carbocycles. The SMILES string of the molecule is COc1cc(C(C)(C)CO)c(OC)c(S(C)(=O)=O)c1. The highest BCUT2D eigenvalue weighted by Gasteiger charge is 2.29. The second kappa shape index (κ2) is 5.38. The van der Waals surface area contributed by atoms with Gasteiger partial charge in [-0.05, 0) is 6.07 Å². The summed E-state index contributed by atoms with van der Waals surface area (Å²) in [5.74, 6) is 0.667. The molecule has 19 heavy (non-hydrogen) atoms. The summed E-state index contributed by atoms with van der Waals surface area (Å²) in [5, 5.41) is 9.48. The molecule has 6 heteroatoms. The van der Waals surface area contributed by atoms with Gasteiger partial charge in [0.05, 0.1) is 20.8 Å². The van der Waals surface area contributed by atoms with Gasteiger partial charge < -0.3 is 14.6 Å². The van der Waals surface area contributed by atoms with Crippen molar-refractivity contribution < 1.29 is 23.0 Å². The van der Waals surface area contributed by atoms with Crippen LogP contribution >= 0.6 is 0 Å². The van der Waals surface area contributed by atoms with E-state index in [1.807, 2.05) is 0 Å². The lowest BCUT2D eigenvalue weighted by molar-refractivity contribution is 0.213. The molecule has 0 aromatic heterocycles. The zero-order valence-corrected chi connectivity index (χ0v) is 12.7. The van der Waals surface area contributed by atoms with E-state index in [9.17, 15) is 13.5 Å². The van der Waals surface area contributed by atoms with Gasteiger partial charge in [0.1, 0.15) is 16.4 Å². The summed E-state index contributed by atoms with van der Waals surface area (Å²) < 4.78 is 34.1. The molecule has 5 nitrogen and oxygen atoms in total. The van der Waals surface area contributed by atoms with Gasteiger partial charge in [-0.3, -0.25) is 0 Å². The molecule has 0 unspecified atom stereocenters. The van der Waals surface area contributed by atoms with Gasteiger partial charge in [-0.1, -0.05) is 13.8 Å². The number of hydrogen-bond donors (Lipinski definition) is 1. The fraction of sp³-hybridized carbons (Fsp3) is 0.538. The van der Waals surface area contributed by atoms with Crippen LogP contribution in [-0.4, -0.2) is 40.6 Å². The van der Waals surface area contributed by atoms with Crippen LogP contribution in [0.1, 0.15) is 19.4 Å². The average molecular weight is 288 g/mol. The molecule has 0 radical (unpaired) electrons. The minimum absolute atomic E-state index is 0.0610. The number of rotatable bonds is 5. The van der Waals surface area contributed by atoms with Gasteiger partial charge in [0.15, 0.2) is 9.84 Å². The molecular weight excluding hydrogens is 268 g/mol. The maximum atomic E-state index is 11.9. The van der Waals surface area contributed by atoms with Crippen molar-refractivity contribution in [2.75, 3.05) is 27.1 Å². The third-order valence-corrected chi connectivity index (χ3v) is 4.09. The summed E-state index contributed by atoms with van der Waals surface area (Å²) in [6.07, 6.45) is 1.11. The van der Waals surface area contributed by atoms with Crippen LogP contribution in [0.2, 0.25) is 0 Å². The largest absolute Gasteiger partial charge is 0.497 e. The molecule has 0 aliphatic rings. The summed E-state index contributed by atoms with van der Waals surface area (Å²) >= 11 is 0. The molecule has 0 fully saturated rings. The Morgan fingerprint density at radius 1 is 1.21 bits per heavy atom. The van der Waals surface area contributed by atoms with Gasteiger partial charge in [-0.15, -0.1) is 0 Å². The van der Waals surface area contributed by atoms with E-state index >= 15 is 0 Å². The van der Waals surface area contributed by atoms with E-state index < -0.39 is 15.3 Å². The summed E-state index contributed by atoms with van der Waals surface area (Å²) in [7, 11) is -0.584. The van der Waals surface area contributed by atoms with E-state index in [0.717, 1.165) is 6.26 Å². The molecule has 1 aromatic carbocycles. The predicted octanol–water partition coefficient (Wildman–Crippen LogP) is 1.38. The maximum absolute atomic E-state index is 11.9. The number of aliphatic hydroxyl groups excluding tert-OH is 1. The fourth-order valence-electron chi connectivity index (χ4n) is 1.77. The van der Waals surface area contributed by atoms with Crippen molar-refractivity contribution in [1.82, 2.24) is 0 Å². The molecule has 0 spiro atoms.